The summed E-state index contributed by atoms with van der Waals surface area (Å²) >= 11 is 2.55. The zero-order valence-electron chi connectivity index (χ0n) is 37.0. The third-order valence-electron chi connectivity index (χ3n) is 12.1. The van der Waals surface area contributed by atoms with Crippen molar-refractivity contribution in [1.29, 1.82) is 0 Å². The standard InChI is InChI=1S/C26H24N4O3S.C25H20N4O3S/c1-15(31)16-8-10-17(11-9-16)20-13-12-19-22(18-6-4-5-7-21(18)33-23(19)28-20)26(2,3)24(32)29-25-30-27-14-34-25;1-25(2,23(31)28-24-29-26-14-33-24)21-17-5-3-4-6-20(17)32-22-18(21)11-12-19(27-22)16-9-7-15(13-30)8-10-16/h4-15,22,31H,1-3H3,(H,29,30,32);3-14,21H,1-2H3,(H,28,29,31)/t15?,22-;21-/m00/s1. The first-order valence-electron chi connectivity index (χ1n) is 21.4. The van der Waals surface area contributed by atoms with E-state index in [4.69, 9.17) is 19.4 Å². The fourth-order valence-electron chi connectivity index (χ4n) is 8.45. The molecule has 0 radical (unpaired) electrons. The Labute approximate surface area is 394 Å². The molecule has 2 aliphatic rings. The number of hydrogen-bond donors (Lipinski definition) is 3. The Kier molecular flexibility index (Phi) is 12.3. The van der Waals surface area contributed by atoms with Crippen LogP contribution in [0.2, 0.25) is 0 Å². The van der Waals surface area contributed by atoms with E-state index in [0.717, 1.165) is 56.6 Å². The van der Waals surface area contributed by atoms with Crippen molar-refractivity contribution in [3.8, 4) is 45.8 Å². The minimum absolute atomic E-state index is 0.158. The number of aliphatic hydroxyl groups is 1. The Bertz CT molecular complexity index is 3090. The highest BCUT2D eigenvalue weighted by Crippen LogP contribution is 2.53. The van der Waals surface area contributed by atoms with Crippen LogP contribution in [-0.2, 0) is 9.59 Å². The van der Waals surface area contributed by atoms with Gasteiger partial charge in [-0.05, 0) is 36.8 Å². The molecule has 4 aromatic carbocycles. The van der Waals surface area contributed by atoms with E-state index in [9.17, 15) is 19.5 Å². The number of anilines is 2. The maximum Gasteiger partial charge on any atom is 0.232 e. The first-order valence-corrected chi connectivity index (χ1v) is 23.1. The molecule has 0 aliphatic carbocycles. The number of fused-ring (bicyclic) bond motifs is 4. The largest absolute Gasteiger partial charge is 0.438 e. The fourth-order valence-corrected chi connectivity index (χ4v) is 9.33. The third kappa shape index (κ3) is 8.93. The highest BCUT2D eigenvalue weighted by atomic mass is 32.1. The van der Waals surface area contributed by atoms with Gasteiger partial charge in [-0.3, -0.25) is 14.4 Å². The normalized spacial score (nSPS) is 15.1. The molecule has 67 heavy (non-hydrogen) atoms. The summed E-state index contributed by atoms with van der Waals surface area (Å²) in [6.07, 6.45) is 0.281. The second-order valence-electron chi connectivity index (χ2n) is 17.2. The van der Waals surface area contributed by atoms with Gasteiger partial charge in [-0.1, -0.05) is 147 Å². The lowest BCUT2D eigenvalue weighted by molar-refractivity contribution is -0.125. The van der Waals surface area contributed by atoms with E-state index in [-0.39, 0.29) is 23.7 Å². The van der Waals surface area contributed by atoms with Crippen LogP contribution in [0.1, 0.15) is 90.7 Å². The average Bonchev–Trinajstić information content (AvgIpc) is 4.07. The van der Waals surface area contributed by atoms with E-state index < -0.39 is 16.9 Å². The summed E-state index contributed by atoms with van der Waals surface area (Å²) < 4.78 is 12.4. The number of aldehydes is 1. The molecule has 0 spiro atoms. The number of aromatic nitrogens is 6. The smallest absolute Gasteiger partial charge is 0.232 e. The summed E-state index contributed by atoms with van der Waals surface area (Å²) in [5.74, 6) is 1.42. The minimum atomic E-state index is -0.838. The highest BCUT2D eigenvalue weighted by Gasteiger charge is 2.46. The zero-order chi connectivity index (χ0) is 46.9. The van der Waals surface area contributed by atoms with E-state index in [1.165, 1.54) is 22.7 Å². The summed E-state index contributed by atoms with van der Waals surface area (Å²) in [7, 11) is 0. The number of pyridine rings is 2. The van der Waals surface area contributed by atoms with Crippen LogP contribution in [0, 0.1) is 10.8 Å². The molecule has 1 unspecified atom stereocenters. The molecule has 336 valence electrons. The number of hydrogen-bond acceptors (Lipinski definition) is 14. The summed E-state index contributed by atoms with van der Waals surface area (Å²) in [5, 5.41) is 32.0. The number of para-hydroxylation sites is 2. The molecule has 8 aromatic rings. The molecular weight excluding hydrogens is 885 g/mol. The number of carbonyl (C=O) groups excluding carboxylic acids is 3. The Balaban J connectivity index is 0.000000168. The van der Waals surface area contributed by atoms with Crippen molar-refractivity contribution in [2.45, 2.75) is 52.6 Å². The molecule has 3 atom stereocenters. The molecule has 10 rings (SSSR count). The van der Waals surface area contributed by atoms with E-state index in [0.29, 0.717) is 39.1 Å². The minimum Gasteiger partial charge on any atom is -0.438 e. The monoisotopic (exact) mass is 928 g/mol. The molecule has 3 N–H and O–H groups in total. The maximum atomic E-state index is 13.4. The molecule has 14 nitrogen and oxygen atoms in total. The Morgan fingerprint density at radius 2 is 1.04 bits per heavy atom. The Hall–Kier alpha value is -7.53. The van der Waals surface area contributed by atoms with Gasteiger partial charge in [0, 0.05) is 50.8 Å². The topological polar surface area (TPSA) is 191 Å². The fraction of sp³-hybridized carbons (Fsp3) is 0.196. The van der Waals surface area contributed by atoms with Crippen molar-refractivity contribution in [1.82, 2.24) is 30.4 Å². The predicted molar refractivity (Wildman–Crippen MR) is 257 cm³/mol. The number of ether oxygens (including phenoxy) is 2. The molecule has 2 aliphatic heterocycles. The number of amides is 2. The second kappa shape index (κ2) is 18.4. The number of benzene rings is 4. The van der Waals surface area contributed by atoms with Crippen LogP contribution in [0.15, 0.2) is 132 Å². The van der Waals surface area contributed by atoms with E-state index in [1.54, 1.807) is 30.1 Å². The summed E-state index contributed by atoms with van der Waals surface area (Å²) in [4.78, 5) is 47.3. The van der Waals surface area contributed by atoms with Crippen LogP contribution in [0.5, 0.6) is 23.3 Å². The van der Waals surface area contributed by atoms with Crippen molar-refractivity contribution in [2.24, 2.45) is 10.8 Å². The van der Waals surface area contributed by atoms with Crippen molar-refractivity contribution in [3.63, 3.8) is 0 Å². The average molecular weight is 929 g/mol. The number of rotatable bonds is 10. The molecular formula is C51H44N8O6S2. The molecule has 16 heteroatoms. The number of nitrogens with zero attached hydrogens (tertiary/aromatic N) is 6. The molecule has 2 amide bonds. The van der Waals surface area contributed by atoms with Gasteiger partial charge in [0.05, 0.1) is 28.3 Å². The van der Waals surface area contributed by atoms with Gasteiger partial charge in [0.2, 0.25) is 33.8 Å². The Morgan fingerprint density at radius 1 is 0.612 bits per heavy atom. The molecule has 0 fully saturated rings. The van der Waals surface area contributed by atoms with Crippen LogP contribution < -0.4 is 20.1 Å². The van der Waals surface area contributed by atoms with Gasteiger partial charge in [0.15, 0.2) is 0 Å². The quantitative estimate of drug-likeness (QED) is 0.110. The molecule has 6 heterocycles. The van der Waals surface area contributed by atoms with Crippen LogP contribution in [0.4, 0.5) is 10.3 Å². The first kappa shape index (κ1) is 44.7. The van der Waals surface area contributed by atoms with Crippen molar-refractivity contribution >= 4 is 51.0 Å². The van der Waals surface area contributed by atoms with Gasteiger partial charge in [0.25, 0.3) is 0 Å². The molecule has 0 saturated carbocycles. The molecule has 0 saturated heterocycles. The van der Waals surface area contributed by atoms with E-state index in [1.807, 2.05) is 137 Å². The number of aliphatic hydroxyl groups excluding tert-OH is 1. The second-order valence-corrected chi connectivity index (χ2v) is 18.9. The van der Waals surface area contributed by atoms with Gasteiger partial charge >= 0.3 is 0 Å². The summed E-state index contributed by atoms with van der Waals surface area (Å²) in [6.45, 7) is 9.39. The van der Waals surface area contributed by atoms with Gasteiger partial charge in [-0.2, -0.15) is 0 Å². The predicted octanol–water partition coefficient (Wildman–Crippen LogP) is 10.9. The SMILES string of the molecule is CC(C)(C(=O)Nc1nncs1)[C@H]1c2ccccc2Oc2nc(-c3ccc(C=O)cc3)ccc21.CC(O)c1ccc(-c2ccc3c(n2)Oc2ccccc2[C@@H]3C(C)(C)C(=O)Nc2nncs2)cc1. The lowest BCUT2D eigenvalue weighted by atomic mass is 9.69. The van der Waals surface area contributed by atoms with Gasteiger partial charge in [0.1, 0.15) is 28.8 Å². The van der Waals surface area contributed by atoms with Crippen LogP contribution >= 0.6 is 22.7 Å². The van der Waals surface area contributed by atoms with Crippen molar-refractivity contribution in [2.75, 3.05) is 10.6 Å². The zero-order valence-corrected chi connectivity index (χ0v) is 38.6. The van der Waals surface area contributed by atoms with Crippen molar-refractivity contribution < 1.29 is 29.0 Å². The third-order valence-corrected chi connectivity index (χ3v) is 13.3. The van der Waals surface area contributed by atoms with Crippen molar-refractivity contribution in [3.05, 3.63) is 166 Å². The summed E-state index contributed by atoms with van der Waals surface area (Å²) in [6, 6.07) is 38.1. The van der Waals surface area contributed by atoms with Crippen LogP contribution in [0.3, 0.4) is 0 Å². The highest BCUT2D eigenvalue weighted by molar-refractivity contribution is 7.13. The van der Waals surface area contributed by atoms with E-state index in [2.05, 4.69) is 31.0 Å². The van der Waals surface area contributed by atoms with E-state index >= 15 is 0 Å². The lowest BCUT2D eigenvalue weighted by Gasteiger charge is -2.37. The van der Waals surface area contributed by atoms with Crippen LogP contribution in [-0.4, -0.2) is 53.6 Å². The van der Waals surface area contributed by atoms with Gasteiger partial charge in [-0.15, -0.1) is 20.4 Å². The number of carbonyl (C=O) groups is 3. The van der Waals surface area contributed by atoms with Crippen LogP contribution in [0.25, 0.3) is 22.5 Å². The number of nitrogens with one attached hydrogen (secondary N) is 2. The van der Waals surface area contributed by atoms with Gasteiger partial charge in [-0.25, -0.2) is 9.97 Å². The summed E-state index contributed by atoms with van der Waals surface area (Å²) in [5.41, 5.74) is 9.74. The first-order chi connectivity index (χ1) is 32.3. The maximum absolute atomic E-state index is 13.4. The molecule has 0 bridgehead atoms. The molecule has 4 aromatic heterocycles. The van der Waals surface area contributed by atoms with Gasteiger partial charge < -0.3 is 25.2 Å². The Morgan fingerprint density at radius 3 is 1.45 bits per heavy atom. The lowest BCUT2D eigenvalue weighted by Crippen LogP contribution is -2.38.